The van der Waals surface area contributed by atoms with E-state index in [4.69, 9.17) is 37.4 Å². The third kappa shape index (κ3) is 4.59. The van der Waals surface area contributed by atoms with Gasteiger partial charge in [-0.05, 0) is 19.0 Å². The SMILES string of the molecule is CNc1ncc2cc(-c3c(Cl)c(OC)cc(OC)c3Cl)c(=O)n(CCOC3CCNC3)c2n1. The van der Waals surface area contributed by atoms with Crippen molar-refractivity contribution in [3.63, 3.8) is 0 Å². The van der Waals surface area contributed by atoms with Gasteiger partial charge in [0.2, 0.25) is 5.95 Å². The molecule has 0 radical (unpaired) electrons. The Balaban J connectivity index is 1.88. The highest BCUT2D eigenvalue weighted by Gasteiger charge is 2.23. The highest BCUT2D eigenvalue weighted by Crippen LogP contribution is 2.45. The maximum Gasteiger partial charge on any atom is 0.260 e. The molecule has 1 atom stereocenters. The minimum atomic E-state index is -0.310. The van der Waals surface area contributed by atoms with Crippen molar-refractivity contribution in [2.24, 2.45) is 0 Å². The van der Waals surface area contributed by atoms with E-state index >= 15 is 0 Å². The normalized spacial score (nSPS) is 15.7. The Morgan fingerprint density at radius 1 is 1.21 bits per heavy atom. The predicted octanol–water partition coefficient (Wildman–Crippen LogP) is 3.20. The molecule has 1 saturated heterocycles. The van der Waals surface area contributed by atoms with Crippen LogP contribution in [0.25, 0.3) is 22.2 Å². The Morgan fingerprint density at radius 3 is 2.55 bits per heavy atom. The Hall–Kier alpha value is -2.59. The predicted molar refractivity (Wildman–Crippen MR) is 129 cm³/mol. The number of nitrogens with zero attached hydrogens (tertiary/aromatic N) is 3. The summed E-state index contributed by atoms with van der Waals surface area (Å²) in [6.45, 7) is 2.38. The smallest absolute Gasteiger partial charge is 0.260 e. The number of anilines is 1. The summed E-state index contributed by atoms with van der Waals surface area (Å²) in [6.07, 6.45) is 2.72. The molecule has 1 aliphatic heterocycles. The molecular weight excluding hydrogens is 469 g/mol. The second-order valence-electron chi connectivity index (χ2n) is 7.51. The third-order valence-corrected chi connectivity index (χ3v) is 6.33. The van der Waals surface area contributed by atoms with Crippen molar-refractivity contribution in [2.45, 2.75) is 19.1 Å². The van der Waals surface area contributed by atoms with E-state index in [0.29, 0.717) is 47.2 Å². The van der Waals surface area contributed by atoms with Crippen LogP contribution in [0.2, 0.25) is 10.0 Å². The molecule has 3 aromatic rings. The number of pyridine rings is 1. The van der Waals surface area contributed by atoms with Crippen molar-refractivity contribution >= 4 is 40.2 Å². The molecule has 33 heavy (non-hydrogen) atoms. The second kappa shape index (κ2) is 10.1. The van der Waals surface area contributed by atoms with E-state index in [0.717, 1.165) is 19.5 Å². The van der Waals surface area contributed by atoms with Gasteiger partial charge in [0.05, 0.1) is 49.1 Å². The van der Waals surface area contributed by atoms with Gasteiger partial charge in [0.1, 0.15) is 17.1 Å². The maximum atomic E-state index is 13.7. The Labute approximate surface area is 201 Å². The van der Waals surface area contributed by atoms with Crippen LogP contribution in [0.15, 0.2) is 23.1 Å². The van der Waals surface area contributed by atoms with Crippen molar-refractivity contribution in [2.75, 3.05) is 46.3 Å². The molecule has 0 spiro atoms. The molecule has 1 unspecified atom stereocenters. The molecule has 0 amide bonds. The number of ether oxygens (including phenoxy) is 3. The molecule has 1 aromatic carbocycles. The van der Waals surface area contributed by atoms with Gasteiger partial charge < -0.3 is 24.8 Å². The molecule has 2 aromatic heterocycles. The van der Waals surface area contributed by atoms with Crippen molar-refractivity contribution < 1.29 is 14.2 Å². The zero-order valence-corrected chi connectivity index (χ0v) is 20.1. The number of methoxy groups -OCH3 is 2. The Morgan fingerprint density at radius 2 is 1.94 bits per heavy atom. The highest BCUT2D eigenvalue weighted by molar-refractivity contribution is 6.41. The molecule has 0 bridgehead atoms. The average molecular weight is 494 g/mol. The zero-order chi connectivity index (χ0) is 23.5. The summed E-state index contributed by atoms with van der Waals surface area (Å²) >= 11 is 13.2. The summed E-state index contributed by atoms with van der Waals surface area (Å²) in [7, 11) is 4.69. The number of rotatable bonds is 8. The Bertz CT molecular complexity index is 1200. The van der Waals surface area contributed by atoms with Crippen LogP contribution >= 0.6 is 23.2 Å². The summed E-state index contributed by atoms with van der Waals surface area (Å²) in [4.78, 5) is 22.5. The van der Waals surface area contributed by atoms with Crippen molar-refractivity contribution in [3.05, 3.63) is 38.7 Å². The first-order valence-corrected chi connectivity index (χ1v) is 11.2. The number of hydrogen-bond donors (Lipinski definition) is 2. The summed E-state index contributed by atoms with van der Waals surface area (Å²) in [6, 6.07) is 3.26. The molecule has 11 heteroatoms. The molecule has 1 fully saturated rings. The fourth-order valence-electron chi connectivity index (χ4n) is 3.87. The van der Waals surface area contributed by atoms with Gasteiger partial charge in [0, 0.05) is 36.8 Å². The maximum absolute atomic E-state index is 13.7. The van der Waals surface area contributed by atoms with Crippen LogP contribution in [0, 0.1) is 0 Å². The van der Waals surface area contributed by atoms with Gasteiger partial charge >= 0.3 is 0 Å². The van der Waals surface area contributed by atoms with E-state index in [2.05, 4.69) is 20.6 Å². The largest absolute Gasteiger partial charge is 0.495 e. The molecule has 2 N–H and O–H groups in total. The van der Waals surface area contributed by atoms with Gasteiger partial charge in [-0.15, -0.1) is 0 Å². The summed E-state index contributed by atoms with van der Waals surface area (Å²) in [5, 5.41) is 7.26. The van der Waals surface area contributed by atoms with Crippen molar-refractivity contribution in [1.29, 1.82) is 0 Å². The molecule has 4 rings (SSSR count). The van der Waals surface area contributed by atoms with Crippen LogP contribution in [0.1, 0.15) is 6.42 Å². The molecule has 0 aliphatic carbocycles. The number of aromatic nitrogens is 3. The topological polar surface area (TPSA) is 99.5 Å². The van der Waals surface area contributed by atoms with Gasteiger partial charge in [-0.1, -0.05) is 23.2 Å². The molecule has 9 nitrogen and oxygen atoms in total. The van der Waals surface area contributed by atoms with Crippen LogP contribution in [0.3, 0.4) is 0 Å². The van der Waals surface area contributed by atoms with E-state index < -0.39 is 0 Å². The first-order valence-electron chi connectivity index (χ1n) is 10.5. The van der Waals surface area contributed by atoms with Crippen molar-refractivity contribution in [3.8, 4) is 22.6 Å². The fourth-order valence-corrected chi connectivity index (χ4v) is 4.57. The summed E-state index contributed by atoms with van der Waals surface area (Å²) in [5.41, 5.74) is 0.792. The number of benzene rings is 1. The van der Waals surface area contributed by atoms with E-state index in [9.17, 15) is 4.79 Å². The van der Waals surface area contributed by atoms with Crippen LogP contribution in [-0.4, -0.2) is 61.6 Å². The quantitative estimate of drug-likeness (QED) is 0.493. The molecular formula is C22H25Cl2N5O4. The lowest BCUT2D eigenvalue weighted by Gasteiger charge is -2.17. The third-order valence-electron chi connectivity index (χ3n) is 5.58. The van der Waals surface area contributed by atoms with Gasteiger partial charge in [-0.2, -0.15) is 4.98 Å². The minimum Gasteiger partial charge on any atom is -0.495 e. The van der Waals surface area contributed by atoms with Gasteiger partial charge in [-0.3, -0.25) is 9.36 Å². The average Bonchev–Trinajstić information content (AvgIpc) is 3.34. The molecule has 176 valence electrons. The fraction of sp³-hybridized carbons (Fsp3) is 0.409. The first-order chi connectivity index (χ1) is 16.0. The van der Waals surface area contributed by atoms with Gasteiger partial charge in [0.15, 0.2) is 0 Å². The van der Waals surface area contributed by atoms with Crippen LogP contribution in [-0.2, 0) is 11.3 Å². The van der Waals surface area contributed by atoms with Gasteiger partial charge in [0.25, 0.3) is 5.56 Å². The minimum absolute atomic E-state index is 0.129. The lowest BCUT2D eigenvalue weighted by molar-refractivity contribution is 0.0615. The number of halogens is 2. The highest BCUT2D eigenvalue weighted by atomic mass is 35.5. The van der Waals surface area contributed by atoms with Crippen LogP contribution in [0.5, 0.6) is 11.5 Å². The van der Waals surface area contributed by atoms with E-state index in [1.54, 1.807) is 29.9 Å². The molecule has 1 aliphatic rings. The van der Waals surface area contributed by atoms with E-state index in [1.165, 1.54) is 14.2 Å². The number of hydrogen-bond acceptors (Lipinski definition) is 8. The van der Waals surface area contributed by atoms with Crippen molar-refractivity contribution in [1.82, 2.24) is 19.9 Å². The van der Waals surface area contributed by atoms with E-state index in [1.807, 2.05) is 0 Å². The first kappa shape index (κ1) is 23.6. The van der Waals surface area contributed by atoms with Crippen LogP contribution < -0.4 is 25.7 Å². The number of nitrogens with one attached hydrogen (secondary N) is 2. The lowest BCUT2D eigenvalue weighted by Crippen LogP contribution is -2.27. The monoisotopic (exact) mass is 493 g/mol. The summed E-state index contributed by atoms with van der Waals surface area (Å²) in [5.74, 6) is 1.10. The molecule has 3 heterocycles. The van der Waals surface area contributed by atoms with Gasteiger partial charge in [-0.25, -0.2) is 4.98 Å². The lowest BCUT2D eigenvalue weighted by atomic mass is 10.0. The van der Waals surface area contributed by atoms with Crippen LogP contribution in [0.4, 0.5) is 5.95 Å². The second-order valence-corrected chi connectivity index (χ2v) is 8.26. The molecule has 0 saturated carbocycles. The Kier molecular flexibility index (Phi) is 7.23. The van der Waals surface area contributed by atoms with E-state index in [-0.39, 0.29) is 27.3 Å². The zero-order valence-electron chi connectivity index (χ0n) is 18.6. The summed E-state index contributed by atoms with van der Waals surface area (Å²) < 4.78 is 18.3. The number of fused-ring (bicyclic) bond motifs is 1. The standard InChI is InChI=1S/C22H25Cl2N5O4/c1-25-22-27-10-12-8-14(17-18(23)15(31-2)9-16(32-3)19(17)24)21(30)29(20(12)28-22)6-7-33-13-4-5-26-11-13/h8-10,13,26H,4-7,11H2,1-3H3,(H,25,27,28).